The van der Waals surface area contributed by atoms with Crippen LogP contribution in [-0.2, 0) is 22.4 Å². The maximum absolute atomic E-state index is 13.7. The van der Waals surface area contributed by atoms with Crippen LogP contribution in [-0.4, -0.2) is 65.3 Å². The van der Waals surface area contributed by atoms with Gasteiger partial charge in [0, 0.05) is 31.8 Å². The Bertz CT molecular complexity index is 964. The standard InChI is InChI=1S/C22H25F2NO6/c1-3-14-15(11-20(29)25(6-8-26)7-9-31-2)21(19(28)12-18(14)27)22(30)13-4-5-16(23)17(24)10-13/h4-5,10,12,26-28H,3,6-9,11H2,1-2H3. The van der Waals surface area contributed by atoms with Gasteiger partial charge in [0.05, 0.1) is 25.2 Å². The molecule has 2 aromatic carbocycles. The van der Waals surface area contributed by atoms with E-state index in [0.29, 0.717) is 6.07 Å². The summed E-state index contributed by atoms with van der Waals surface area (Å²) in [5.41, 5.74) is -0.139. The van der Waals surface area contributed by atoms with Crippen molar-refractivity contribution in [3.05, 3.63) is 58.2 Å². The average molecular weight is 437 g/mol. The van der Waals surface area contributed by atoms with E-state index in [0.717, 1.165) is 18.2 Å². The van der Waals surface area contributed by atoms with Crippen molar-refractivity contribution >= 4 is 11.7 Å². The summed E-state index contributed by atoms with van der Waals surface area (Å²) in [5, 5.41) is 29.9. The second kappa shape index (κ2) is 10.8. The molecule has 9 heteroatoms. The molecular formula is C22H25F2NO6. The summed E-state index contributed by atoms with van der Waals surface area (Å²) < 4.78 is 31.9. The number of aliphatic hydroxyl groups excluding tert-OH is 1. The first-order valence-corrected chi connectivity index (χ1v) is 9.69. The number of carbonyl (C=O) groups excluding carboxylic acids is 2. The zero-order valence-corrected chi connectivity index (χ0v) is 17.3. The normalized spacial score (nSPS) is 10.9. The van der Waals surface area contributed by atoms with Crippen LogP contribution in [0.25, 0.3) is 0 Å². The van der Waals surface area contributed by atoms with Crippen LogP contribution in [0.15, 0.2) is 24.3 Å². The van der Waals surface area contributed by atoms with E-state index in [2.05, 4.69) is 0 Å². The molecule has 0 aliphatic carbocycles. The van der Waals surface area contributed by atoms with Gasteiger partial charge in [0.25, 0.3) is 0 Å². The van der Waals surface area contributed by atoms with E-state index in [9.17, 15) is 33.7 Å². The lowest BCUT2D eigenvalue weighted by Crippen LogP contribution is -2.37. The Balaban J connectivity index is 2.55. The van der Waals surface area contributed by atoms with Gasteiger partial charge in [-0.2, -0.15) is 0 Å². The molecule has 0 aromatic heterocycles. The van der Waals surface area contributed by atoms with Crippen LogP contribution in [0.1, 0.15) is 34.0 Å². The van der Waals surface area contributed by atoms with Crippen molar-refractivity contribution in [1.29, 1.82) is 0 Å². The number of aliphatic hydroxyl groups is 1. The molecule has 0 unspecified atom stereocenters. The molecule has 0 bridgehead atoms. The highest BCUT2D eigenvalue weighted by molar-refractivity contribution is 6.12. The van der Waals surface area contributed by atoms with E-state index in [4.69, 9.17) is 4.74 Å². The number of benzene rings is 2. The molecular weight excluding hydrogens is 412 g/mol. The van der Waals surface area contributed by atoms with E-state index < -0.39 is 29.1 Å². The molecule has 0 aliphatic rings. The Hall–Kier alpha value is -3.04. The number of ketones is 1. The molecule has 31 heavy (non-hydrogen) atoms. The van der Waals surface area contributed by atoms with Crippen LogP contribution in [0.3, 0.4) is 0 Å². The SMILES string of the molecule is CCc1c(O)cc(O)c(C(=O)c2ccc(F)c(F)c2)c1CC(=O)N(CCO)CCOC. The summed E-state index contributed by atoms with van der Waals surface area (Å²) >= 11 is 0. The molecule has 2 aromatic rings. The summed E-state index contributed by atoms with van der Waals surface area (Å²) in [7, 11) is 1.46. The average Bonchev–Trinajstić information content (AvgIpc) is 2.72. The largest absolute Gasteiger partial charge is 0.508 e. The van der Waals surface area contributed by atoms with Gasteiger partial charge in [-0.05, 0) is 35.7 Å². The number of ether oxygens (including phenoxy) is 1. The van der Waals surface area contributed by atoms with E-state index in [1.165, 1.54) is 12.0 Å². The van der Waals surface area contributed by atoms with Crippen molar-refractivity contribution < 1.29 is 38.4 Å². The lowest BCUT2D eigenvalue weighted by atomic mass is 9.89. The van der Waals surface area contributed by atoms with Crippen LogP contribution in [0.2, 0.25) is 0 Å². The second-order valence-corrected chi connectivity index (χ2v) is 6.83. The molecule has 1 amide bonds. The van der Waals surface area contributed by atoms with Crippen LogP contribution >= 0.6 is 0 Å². The van der Waals surface area contributed by atoms with Crippen molar-refractivity contribution in [3.8, 4) is 11.5 Å². The highest BCUT2D eigenvalue weighted by Crippen LogP contribution is 2.35. The maximum atomic E-state index is 13.7. The molecule has 168 valence electrons. The molecule has 0 spiro atoms. The van der Waals surface area contributed by atoms with Gasteiger partial charge >= 0.3 is 0 Å². The lowest BCUT2D eigenvalue weighted by molar-refractivity contribution is -0.131. The number of nitrogens with zero attached hydrogens (tertiary/aromatic N) is 1. The number of phenolic OH excluding ortho intramolecular Hbond substituents is 2. The summed E-state index contributed by atoms with van der Waals surface area (Å²) in [6.07, 6.45) is -0.121. The monoisotopic (exact) mass is 437 g/mol. The molecule has 0 atom stereocenters. The van der Waals surface area contributed by atoms with Crippen LogP contribution in [0.4, 0.5) is 8.78 Å². The van der Waals surface area contributed by atoms with Crippen molar-refractivity contribution in [2.45, 2.75) is 19.8 Å². The zero-order valence-electron chi connectivity index (χ0n) is 17.3. The van der Waals surface area contributed by atoms with Crippen LogP contribution < -0.4 is 0 Å². The molecule has 3 N–H and O–H groups in total. The Labute approximate surface area is 178 Å². The molecule has 2 rings (SSSR count). The van der Waals surface area contributed by atoms with Gasteiger partial charge in [-0.15, -0.1) is 0 Å². The molecule has 0 radical (unpaired) electrons. The van der Waals surface area contributed by atoms with Crippen LogP contribution in [0, 0.1) is 11.6 Å². The van der Waals surface area contributed by atoms with Gasteiger partial charge in [-0.3, -0.25) is 9.59 Å². The third-order valence-electron chi connectivity index (χ3n) is 4.88. The number of methoxy groups -OCH3 is 1. The number of aromatic hydroxyl groups is 2. The van der Waals surface area contributed by atoms with Gasteiger partial charge < -0.3 is 25.0 Å². The predicted molar refractivity (Wildman–Crippen MR) is 108 cm³/mol. The van der Waals surface area contributed by atoms with Gasteiger partial charge in [0.1, 0.15) is 11.5 Å². The number of hydrogen-bond acceptors (Lipinski definition) is 6. The van der Waals surface area contributed by atoms with Gasteiger partial charge in [-0.1, -0.05) is 6.92 Å². The highest BCUT2D eigenvalue weighted by atomic mass is 19.2. The summed E-state index contributed by atoms with van der Waals surface area (Å²) in [6.45, 7) is 1.85. The molecule has 0 aliphatic heterocycles. The minimum atomic E-state index is -1.23. The third-order valence-corrected chi connectivity index (χ3v) is 4.88. The first-order valence-electron chi connectivity index (χ1n) is 9.69. The topological polar surface area (TPSA) is 107 Å². The highest BCUT2D eigenvalue weighted by Gasteiger charge is 2.26. The third kappa shape index (κ3) is 5.56. The fraction of sp³-hybridized carbons (Fsp3) is 0.364. The first kappa shape index (κ1) is 24.2. The van der Waals surface area contributed by atoms with Crippen molar-refractivity contribution in [1.82, 2.24) is 4.90 Å². The quantitative estimate of drug-likeness (QED) is 0.492. The number of phenols is 2. The summed E-state index contributed by atoms with van der Waals surface area (Å²) in [6, 6.07) is 3.55. The predicted octanol–water partition coefficient (Wildman–Crippen LogP) is 2.18. The lowest BCUT2D eigenvalue weighted by Gasteiger charge is -2.23. The van der Waals surface area contributed by atoms with E-state index >= 15 is 0 Å². The first-order chi connectivity index (χ1) is 14.7. The minimum Gasteiger partial charge on any atom is -0.508 e. The van der Waals surface area contributed by atoms with Crippen molar-refractivity contribution in [2.75, 3.05) is 33.4 Å². The van der Waals surface area contributed by atoms with E-state index in [-0.39, 0.29) is 67.1 Å². The number of hydrogen-bond donors (Lipinski definition) is 3. The fourth-order valence-corrected chi connectivity index (χ4v) is 3.32. The molecule has 0 saturated heterocycles. The van der Waals surface area contributed by atoms with Crippen LogP contribution in [0.5, 0.6) is 11.5 Å². The smallest absolute Gasteiger partial charge is 0.227 e. The van der Waals surface area contributed by atoms with Gasteiger partial charge in [-0.25, -0.2) is 8.78 Å². The molecule has 7 nitrogen and oxygen atoms in total. The molecule has 0 heterocycles. The van der Waals surface area contributed by atoms with E-state index in [1.54, 1.807) is 6.92 Å². The molecule has 0 fully saturated rings. The number of rotatable bonds is 10. The number of amides is 1. The van der Waals surface area contributed by atoms with Gasteiger partial charge in [0.15, 0.2) is 17.4 Å². The maximum Gasteiger partial charge on any atom is 0.227 e. The van der Waals surface area contributed by atoms with Gasteiger partial charge in [0.2, 0.25) is 5.91 Å². The van der Waals surface area contributed by atoms with Crippen molar-refractivity contribution in [2.24, 2.45) is 0 Å². The van der Waals surface area contributed by atoms with Crippen molar-refractivity contribution in [3.63, 3.8) is 0 Å². The molecule has 0 saturated carbocycles. The number of carbonyl (C=O) groups is 2. The minimum absolute atomic E-state index is 0.0287. The Morgan fingerprint density at radius 1 is 1.03 bits per heavy atom. The summed E-state index contributed by atoms with van der Waals surface area (Å²) in [4.78, 5) is 27.3. The van der Waals surface area contributed by atoms with E-state index in [1.807, 2.05) is 0 Å². The second-order valence-electron chi connectivity index (χ2n) is 6.83. The Morgan fingerprint density at radius 3 is 2.32 bits per heavy atom. The zero-order chi connectivity index (χ0) is 23.1. The summed E-state index contributed by atoms with van der Waals surface area (Å²) in [5.74, 6) is -4.53. The fourth-order valence-electron chi connectivity index (χ4n) is 3.32. The Kier molecular flexibility index (Phi) is 8.47. The number of halogens is 2. The Morgan fingerprint density at radius 2 is 1.74 bits per heavy atom.